The number of aryl methyl sites for hydroxylation is 1. The molecule has 1 rings (SSSR count). The van der Waals surface area contributed by atoms with Gasteiger partial charge < -0.3 is 4.74 Å². The van der Waals surface area contributed by atoms with Crippen LogP contribution in [0.5, 0.6) is 5.75 Å². The summed E-state index contributed by atoms with van der Waals surface area (Å²) in [6.45, 7) is 7.11. The van der Waals surface area contributed by atoms with Crippen molar-refractivity contribution < 1.29 is 9.13 Å². The van der Waals surface area contributed by atoms with Crippen LogP contribution in [0.3, 0.4) is 0 Å². The Kier molecular flexibility index (Phi) is 6.47. The van der Waals surface area contributed by atoms with Crippen molar-refractivity contribution in [3.05, 3.63) is 29.6 Å². The average molecular weight is 278 g/mol. The summed E-state index contributed by atoms with van der Waals surface area (Å²) in [6.07, 6.45) is 2.58. The average Bonchev–Trinajstić information content (AvgIpc) is 2.41. The normalized spacial score (nSPS) is 13.6. The van der Waals surface area contributed by atoms with Gasteiger partial charge in [0, 0.05) is 0 Å². The number of nitrogens with zero attached hydrogens (tertiary/aromatic N) is 1. The zero-order chi connectivity index (χ0) is 15.0. The first-order chi connectivity index (χ1) is 9.50. The SMILES string of the molecule is CCNC(C)(C#N)CCCCOc1ccc(F)cc1C. The molecule has 0 amide bonds. The molecule has 3 nitrogen and oxygen atoms in total. The number of nitriles is 1. The summed E-state index contributed by atoms with van der Waals surface area (Å²) in [5, 5.41) is 12.3. The second kappa shape index (κ2) is 7.86. The zero-order valence-corrected chi connectivity index (χ0v) is 12.5. The van der Waals surface area contributed by atoms with Crippen LogP contribution in [0.2, 0.25) is 0 Å². The van der Waals surface area contributed by atoms with Crippen molar-refractivity contribution in [2.45, 2.75) is 45.6 Å². The van der Waals surface area contributed by atoms with Crippen LogP contribution >= 0.6 is 0 Å². The quantitative estimate of drug-likeness (QED) is 0.739. The largest absolute Gasteiger partial charge is 0.493 e. The first kappa shape index (κ1) is 16.5. The highest BCUT2D eigenvalue weighted by molar-refractivity contribution is 5.32. The van der Waals surface area contributed by atoms with E-state index in [0.717, 1.165) is 37.1 Å². The standard InChI is InChI=1S/C16H23FN2O/c1-4-19-16(3,12-18)9-5-6-10-20-15-8-7-14(17)11-13(15)2/h7-8,11,19H,4-6,9-10H2,1-3H3. The van der Waals surface area contributed by atoms with Gasteiger partial charge in [0.2, 0.25) is 0 Å². The molecule has 0 spiro atoms. The lowest BCUT2D eigenvalue weighted by Crippen LogP contribution is -2.40. The van der Waals surface area contributed by atoms with Gasteiger partial charge in [-0.1, -0.05) is 6.92 Å². The molecule has 0 aromatic heterocycles. The summed E-state index contributed by atoms with van der Waals surface area (Å²) in [6, 6.07) is 6.83. The molecule has 0 heterocycles. The first-order valence-corrected chi connectivity index (χ1v) is 7.06. The molecule has 0 radical (unpaired) electrons. The summed E-state index contributed by atoms with van der Waals surface area (Å²) in [5.41, 5.74) is 0.347. The number of rotatable bonds is 8. The number of benzene rings is 1. The Balaban J connectivity index is 2.30. The van der Waals surface area contributed by atoms with Gasteiger partial charge in [0.25, 0.3) is 0 Å². The number of nitrogens with one attached hydrogen (secondary N) is 1. The van der Waals surface area contributed by atoms with Gasteiger partial charge in [-0.15, -0.1) is 0 Å². The lowest BCUT2D eigenvalue weighted by molar-refractivity contribution is 0.294. The van der Waals surface area contributed by atoms with Crippen molar-refractivity contribution in [3.8, 4) is 11.8 Å². The fourth-order valence-corrected chi connectivity index (χ4v) is 2.11. The van der Waals surface area contributed by atoms with E-state index in [9.17, 15) is 4.39 Å². The summed E-state index contributed by atoms with van der Waals surface area (Å²) in [4.78, 5) is 0. The Morgan fingerprint density at radius 1 is 1.40 bits per heavy atom. The highest BCUT2D eigenvalue weighted by Crippen LogP contribution is 2.19. The van der Waals surface area contributed by atoms with E-state index in [1.54, 1.807) is 6.07 Å². The predicted molar refractivity (Wildman–Crippen MR) is 78.2 cm³/mol. The maximum absolute atomic E-state index is 12.9. The molecule has 0 bridgehead atoms. The molecule has 0 saturated heterocycles. The minimum atomic E-state index is -0.458. The first-order valence-electron chi connectivity index (χ1n) is 7.06. The minimum absolute atomic E-state index is 0.245. The summed E-state index contributed by atoms with van der Waals surface area (Å²) < 4.78 is 18.6. The Morgan fingerprint density at radius 3 is 2.75 bits per heavy atom. The van der Waals surface area contributed by atoms with Gasteiger partial charge in [0.15, 0.2) is 0 Å². The summed E-state index contributed by atoms with van der Waals surface area (Å²) in [5.74, 6) is 0.478. The van der Waals surface area contributed by atoms with Crippen molar-refractivity contribution in [2.24, 2.45) is 0 Å². The van der Waals surface area contributed by atoms with E-state index < -0.39 is 5.54 Å². The van der Waals surface area contributed by atoms with Crippen LogP contribution in [0.25, 0.3) is 0 Å². The van der Waals surface area contributed by atoms with Gasteiger partial charge in [-0.2, -0.15) is 5.26 Å². The Labute approximate surface area is 120 Å². The number of unbranched alkanes of at least 4 members (excludes halogenated alkanes) is 1. The molecule has 0 saturated carbocycles. The van der Waals surface area contributed by atoms with Crippen molar-refractivity contribution in [1.82, 2.24) is 5.32 Å². The van der Waals surface area contributed by atoms with Crippen LogP contribution in [0, 0.1) is 24.1 Å². The fourth-order valence-electron chi connectivity index (χ4n) is 2.11. The third-order valence-electron chi connectivity index (χ3n) is 3.28. The predicted octanol–water partition coefficient (Wildman–Crippen LogP) is 3.58. The number of hydrogen-bond acceptors (Lipinski definition) is 3. The molecule has 1 unspecified atom stereocenters. The zero-order valence-electron chi connectivity index (χ0n) is 12.5. The maximum atomic E-state index is 12.9. The Bertz CT molecular complexity index is 470. The van der Waals surface area contributed by atoms with Gasteiger partial charge in [-0.05, 0) is 63.4 Å². The molecular weight excluding hydrogens is 255 g/mol. The summed E-state index contributed by atoms with van der Waals surface area (Å²) >= 11 is 0. The molecule has 0 aliphatic carbocycles. The second-order valence-corrected chi connectivity index (χ2v) is 5.19. The van der Waals surface area contributed by atoms with Crippen LogP contribution in [0.4, 0.5) is 4.39 Å². The number of halogens is 1. The van der Waals surface area contributed by atoms with E-state index in [1.165, 1.54) is 12.1 Å². The smallest absolute Gasteiger partial charge is 0.123 e. The van der Waals surface area contributed by atoms with Crippen LogP contribution < -0.4 is 10.1 Å². The lowest BCUT2D eigenvalue weighted by atomic mass is 9.97. The molecule has 4 heteroatoms. The third kappa shape index (κ3) is 5.18. The Hall–Kier alpha value is -1.60. The van der Waals surface area contributed by atoms with Crippen molar-refractivity contribution >= 4 is 0 Å². The van der Waals surface area contributed by atoms with E-state index in [-0.39, 0.29) is 5.82 Å². The highest BCUT2D eigenvalue weighted by atomic mass is 19.1. The minimum Gasteiger partial charge on any atom is -0.493 e. The van der Waals surface area contributed by atoms with Crippen LogP contribution in [-0.4, -0.2) is 18.7 Å². The van der Waals surface area contributed by atoms with Crippen molar-refractivity contribution in [1.29, 1.82) is 5.26 Å². The molecule has 1 atom stereocenters. The molecule has 0 aliphatic rings. The van der Waals surface area contributed by atoms with E-state index >= 15 is 0 Å². The van der Waals surface area contributed by atoms with E-state index in [4.69, 9.17) is 10.00 Å². The van der Waals surface area contributed by atoms with Gasteiger partial charge in [0.05, 0.1) is 12.7 Å². The van der Waals surface area contributed by atoms with Crippen LogP contribution in [-0.2, 0) is 0 Å². The number of hydrogen-bond donors (Lipinski definition) is 1. The molecule has 1 aromatic rings. The lowest BCUT2D eigenvalue weighted by Gasteiger charge is -2.22. The van der Waals surface area contributed by atoms with Gasteiger partial charge in [-0.3, -0.25) is 5.32 Å². The molecule has 0 fully saturated rings. The molecule has 20 heavy (non-hydrogen) atoms. The highest BCUT2D eigenvalue weighted by Gasteiger charge is 2.21. The van der Waals surface area contributed by atoms with Crippen molar-refractivity contribution in [2.75, 3.05) is 13.2 Å². The fraction of sp³-hybridized carbons (Fsp3) is 0.562. The van der Waals surface area contributed by atoms with E-state index in [2.05, 4.69) is 11.4 Å². The van der Waals surface area contributed by atoms with Gasteiger partial charge >= 0.3 is 0 Å². The third-order valence-corrected chi connectivity index (χ3v) is 3.28. The Morgan fingerprint density at radius 2 is 2.15 bits per heavy atom. The van der Waals surface area contributed by atoms with E-state index in [0.29, 0.717) is 6.61 Å². The van der Waals surface area contributed by atoms with Crippen LogP contribution in [0.1, 0.15) is 38.7 Å². The molecular formula is C16H23FN2O. The molecule has 110 valence electrons. The second-order valence-electron chi connectivity index (χ2n) is 5.19. The van der Waals surface area contributed by atoms with Gasteiger partial charge in [-0.25, -0.2) is 4.39 Å². The van der Waals surface area contributed by atoms with Gasteiger partial charge in [0.1, 0.15) is 17.1 Å². The van der Waals surface area contributed by atoms with E-state index in [1.807, 2.05) is 20.8 Å². The monoisotopic (exact) mass is 278 g/mol. The van der Waals surface area contributed by atoms with Crippen LogP contribution in [0.15, 0.2) is 18.2 Å². The van der Waals surface area contributed by atoms with Crippen molar-refractivity contribution in [3.63, 3.8) is 0 Å². The maximum Gasteiger partial charge on any atom is 0.123 e. The topological polar surface area (TPSA) is 45.0 Å². The molecule has 0 aliphatic heterocycles. The number of ether oxygens (including phenoxy) is 1. The summed E-state index contributed by atoms with van der Waals surface area (Å²) in [7, 11) is 0. The molecule has 1 N–H and O–H groups in total. The molecule has 1 aromatic carbocycles.